The van der Waals surface area contributed by atoms with E-state index in [1.54, 1.807) is 18.2 Å². The lowest BCUT2D eigenvalue weighted by Crippen LogP contribution is -3.14. The SMILES string of the molecule is CCCCNC(=O)NC(=O)C[NH+]1CCC(C(=O)Nc2ccc3c(c2)OCO3)CC1. The van der Waals surface area contributed by atoms with Crippen molar-refractivity contribution in [2.75, 3.05) is 38.3 Å². The van der Waals surface area contributed by atoms with Gasteiger partial charge in [-0.1, -0.05) is 13.3 Å². The zero-order valence-corrected chi connectivity index (χ0v) is 16.7. The van der Waals surface area contributed by atoms with Gasteiger partial charge in [0.05, 0.1) is 13.1 Å². The van der Waals surface area contributed by atoms with Crippen molar-refractivity contribution in [1.29, 1.82) is 0 Å². The van der Waals surface area contributed by atoms with Crippen LogP contribution in [0.3, 0.4) is 0 Å². The second kappa shape index (κ2) is 10.1. The molecule has 0 spiro atoms. The van der Waals surface area contributed by atoms with Gasteiger partial charge in [-0.15, -0.1) is 0 Å². The fraction of sp³-hybridized carbons (Fsp3) is 0.550. The first kappa shape index (κ1) is 20.9. The van der Waals surface area contributed by atoms with E-state index in [1.807, 2.05) is 6.92 Å². The van der Waals surface area contributed by atoms with Crippen molar-refractivity contribution in [3.8, 4) is 11.5 Å². The van der Waals surface area contributed by atoms with Crippen molar-refractivity contribution < 1.29 is 28.8 Å². The molecule has 1 aromatic rings. The van der Waals surface area contributed by atoms with Crippen molar-refractivity contribution in [2.45, 2.75) is 32.6 Å². The summed E-state index contributed by atoms with van der Waals surface area (Å²) >= 11 is 0. The Hall–Kier alpha value is -2.81. The Kier molecular flexibility index (Phi) is 7.29. The number of ether oxygens (including phenoxy) is 2. The number of hydrogen-bond acceptors (Lipinski definition) is 5. The number of urea groups is 1. The van der Waals surface area contributed by atoms with Gasteiger partial charge in [-0.2, -0.15) is 0 Å². The molecule has 4 N–H and O–H groups in total. The van der Waals surface area contributed by atoms with Crippen LogP contribution < -0.4 is 30.3 Å². The van der Waals surface area contributed by atoms with Crippen LogP contribution in [0.2, 0.25) is 0 Å². The van der Waals surface area contributed by atoms with Crippen LogP contribution in [-0.2, 0) is 9.59 Å². The molecule has 1 aromatic carbocycles. The van der Waals surface area contributed by atoms with Crippen LogP contribution in [0.4, 0.5) is 10.5 Å². The van der Waals surface area contributed by atoms with Crippen LogP contribution in [0.25, 0.3) is 0 Å². The number of likely N-dealkylation sites (tertiary alicyclic amines) is 1. The van der Waals surface area contributed by atoms with E-state index in [0.717, 1.165) is 17.7 Å². The zero-order chi connectivity index (χ0) is 20.6. The number of quaternary nitrogens is 1. The lowest BCUT2D eigenvalue weighted by molar-refractivity contribution is -0.897. The van der Waals surface area contributed by atoms with E-state index in [-0.39, 0.29) is 31.1 Å². The van der Waals surface area contributed by atoms with Crippen molar-refractivity contribution in [1.82, 2.24) is 10.6 Å². The number of amides is 4. The number of nitrogens with one attached hydrogen (secondary N) is 4. The highest BCUT2D eigenvalue weighted by Crippen LogP contribution is 2.34. The first-order valence-electron chi connectivity index (χ1n) is 10.2. The van der Waals surface area contributed by atoms with Crippen LogP contribution in [0.15, 0.2) is 18.2 Å². The van der Waals surface area contributed by atoms with Crippen molar-refractivity contribution in [3.05, 3.63) is 18.2 Å². The van der Waals surface area contributed by atoms with E-state index in [4.69, 9.17) is 9.47 Å². The second-order valence-corrected chi connectivity index (χ2v) is 7.42. The molecule has 0 aliphatic carbocycles. The molecule has 1 fully saturated rings. The van der Waals surface area contributed by atoms with Gasteiger partial charge in [0, 0.05) is 37.1 Å². The second-order valence-electron chi connectivity index (χ2n) is 7.42. The topological polar surface area (TPSA) is 110 Å². The molecule has 2 aliphatic heterocycles. The third-order valence-electron chi connectivity index (χ3n) is 5.18. The Morgan fingerprint density at radius 2 is 1.90 bits per heavy atom. The monoisotopic (exact) mass is 405 g/mol. The molecule has 3 rings (SSSR count). The summed E-state index contributed by atoms with van der Waals surface area (Å²) in [7, 11) is 0. The normalized spacial score (nSPS) is 20.0. The Bertz CT molecular complexity index is 746. The molecule has 0 atom stereocenters. The number of fused-ring (bicyclic) bond motifs is 1. The van der Waals surface area contributed by atoms with Crippen molar-refractivity contribution in [3.63, 3.8) is 0 Å². The largest absolute Gasteiger partial charge is 0.454 e. The van der Waals surface area contributed by atoms with Crippen molar-refractivity contribution in [2.24, 2.45) is 5.92 Å². The Morgan fingerprint density at radius 1 is 1.14 bits per heavy atom. The molecule has 9 nitrogen and oxygen atoms in total. The average Bonchev–Trinajstić information content (AvgIpc) is 3.16. The molecular formula is C20H29N4O5+. The molecule has 0 bridgehead atoms. The molecule has 158 valence electrons. The quantitative estimate of drug-likeness (QED) is 0.487. The summed E-state index contributed by atoms with van der Waals surface area (Å²) in [5, 5.41) is 7.96. The summed E-state index contributed by atoms with van der Waals surface area (Å²) in [5.41, 5.74) is 0.683. The lowest BCUT2D eigenvalue weighted by atomic mass is 9.96. The number of benzene rings is 1. The number of rotatable bonds is 7. The number of anilines is 1. The minimum absolute atomic E-state index is 0.0253. The fourth-order valence-electron chi connectivity index (χ4n) is 3.50. The third-order valence-corrected chi connectivity index (χ3v) is 5.18. The Balaban J connectivity index is 1.38. The van der Waals surface area contributed by atoms with Crippen LogP contribution >= 0.6 is 0 Å². The minimum atomic E-state index is -0.444. The number of unbranched alkanes of at least 4 members (excludes halogenated alkanes) is 1. The van der Waals surface area contributed by atoms with Crippen LogP contribution in [0.1, 0.15) is 32.6 Å². The highest BCUT2D eigenvalue weighted by atomic mass is 16.7. The summed E-state index contributed by atoms with van der Waals surface area (Å²) in [4.78, 5) is 37.3. The predicted octanol–water partition coefficient (Wildman–Crippen LogP) is 0.275. The van der Waals surface area contributed by atoms with Gasteiger partial charge < -0.3 is 25.0 Å². The van der Waals surface area contributed by atoms with Crippen LogP contribution in [0.5, 0.6) is 11.5 Å². The smallest absolute Gasteiger partial charge is 0.321 e. The van der Waals surface area contributed by atoms with E-state index >= 15 is 0 Å². The van der Waals surface area contributed by atoms with Gasteiger partial charge in [-0.3, -0.25) is 14.9 Å². The molecule has 1 saturated heterocycles. The molecule has 0 saturated carbocycles. The molecule has 4 amide bonds. The molecule has 0 unspecified atom stereocenters. The number of hydrogen-bond donors (Lipinski definition) is 4. The summed E-state index contributed by atoms with van der Waals surface area (Å²) in [6.45, 7) is 4.45. The first-order chi connectivity index (χ1) is 14.0. The Morgan fingerprint density at radius 3 is 2.66 bits per heavy atom. The van der Waals surface area contributed by atoms with E-state index in [1.165, 1.54) is 0 Å². The summed E-state index contributed by atoms with van der Waals surface area (Å²) in [5.74, 6) is 0.897. The van der Waals surface area contributed by atoms with Gasteiger partial charge in [0.1, 0.15) is 0 Å². The van der Waals surface area contributed by atoms with Gasteiger partial charge in [-0.25, -0.2) is 4.79 Å². The minimum Gasteiger partial charge on any atom is -0.454 e. The maximum Gasteiger partial charge on any atom is 0.321 e. The molecule has 0 aromatic heterocycles. The molecule has 9 heteroatoms. The Labute approximate surface area is 170 Å². The maximum absolute atomic E-state index is 12.5. The maximum atomic E-state index is 12.5. The van der Waals surface area contributed by atoms with Gasteiger partial charge in [-0.05, 0) is 18.6 Å². The average molecular weight is 405 g/mol. The predicted molar refractivity (Wildman–Crippen MR) is 106 cm³/mol. The van der Waals surface area contributed by atoms with E-state index < -0.39 is 6.03 Å². The van der Waals surface area contributed by atoms with Gasteiger partial charge >= 0.3 is 6.03 Å². The number of piperidine rings is 1. The van der Waals surface area contributed by atoms with Crippen LogP contribution in [0, 0.1) is 5.92 Å². The summed E-state index contributed by atoms with van der Waals surface area (Å²) in [6, 6.07) is 4.89. The van der Waals surface area contributed by atoms with E-state index in [2.05, 4.69) is 16.0 Å². The lowest BCUT2D eigenvalue weighted by Gasteiger charge is -2.28. The highest BCUT2D eigenvalue weighted by molar-refractivity contribution is 5.95. The van der Waals surface area contributed by atoms with Gasteiger partial charge in [0.15, 0.2) is 18.0 Å². The summed E-state index contributed by atoms with van der Waals surface area (Å²) < 4.78 is 10.6. The van der Waals surface area contributed by atoms with Crippen molar-refractivity contribution >= 4 is 23.5 Å². The zero-order valence-electron chi connectivity index (χ0n) is 16.7. The van der Waals surface area contributed by atoms with Crippen LogP contribution in [-0.4, -0.2) is 50.8 Å². The first-order valence-corrected chi connectivity index (χ1v) is 10.2. The fourth-order valence-corrected chi connectivity index (χ4v) is 3.50. The molecule has 2 heterocycles. The number of carbonyl (C=O) groups is 3. The van der Waals surface area contributed by atoms with Gasteiger partial charge in [0.2, 0.25) is 12.7 Å². The highest BCUT2D eigenvalue weighted by Gasteiger charge is 2.29. The standard InChI is InChI=1S/C20H28N4O5/c1-2-3-8-21-20(27)23-18(25)12-24-9-6-14(7-10-24)19(26)22-15-4-5-16-17(11-15)29-13-28-16/h4-5,11,14H,2-3,6-10,12-13H2,1H3,(H,22,26)(H2,21,23,25,27)/p+1. The number of carbonyl (C=O) groups excluding carboxylic acids is 3. The number of imide groups is 1. The van der Waals surface area contributed by atoms with E-state index in [9.17, 15) is 14.4 Å². The molecular weight excluding hydrogens is 376 g/mol. The molecule has 2 aliphatic rings. The van der Waals surface area contributed by atoms with E-state index in [0.29, 0.717) is 49.7 Å². The molecule has 0 radical (unpaired) electrons. The summed E-state index contributed by atoms with van der Waals surface area (Å²) in [6.07, 6.45) is 3.26. The third kappa shape index (κ3) is 6.08. The molecule has 29 heavy (non-hydrogen) atoms. The van der Waals surface area contributed by atoms with Gasteiger partial charge in [0.25, 0.3) is 5.91 Å².